The van der Waals surface area contributed by atoms with Crippen LogP contribution < -0.4 is 19.7 Å². The molecule has 0 radical (unpaired) electrons. The third-order valence-electron chi connectivity index (χ3n) is 4.33. The molecule has 2 N–H and O–H groups in total. The van der Waals surface area contributed by atoms with Gasteiger partial charge >= 0.3 is 0 Å². The van der Waals surface area contributed by atoms with E-state index in [2.05, 4.69) is 5.32 Å². The smallest absolute Gasteiger partial charge is 0.282 e. The summed E-state index contributed by atoms with van der Waals surface area (Å²) in [6.07, 6.45) is 0. The van der Waals surface area contributed by atoms with Crippen LogP contribution in [0.3, 0.4) is 0 Å². The van der Waals surface area contributed by atoms with Crippen molar-refractivity contribution >= 4 is 11.6 Å². The van der Waals surface area contributed by atoms with Crippen LogP contribution >= 0.6 is 0 Å². The zero-order valence-electron chi connectivity index (χ0n) is 15.9. The monoisotopic (exact) mass is 379 g/mol. The maximum Gasteiger partial charge on any atom is 0.282 e. The van der Waals surface area contributed by atoms with E-state index in [1.54, 1.807) is 14.0 Å². The molecule has 0 bridgehead atoms. The molecule has 2 aromatic carbocycles. The molecule has 146 valence electrons. The van der Waals surface area contributed by atoms with E-state index in [4.69, 9.17) is 9.47 Å². The van der Waals surface area contributed by atoms with Crippen molar-refractivity contribution in [2.24, 2.45) is 0 Å². The summed E-state index contributed by atoms with van der Waals surface area (Å²) in [7, 11) is 3.44. The summed E-state index contributed by atoms with van der Waals surface area (Å²) >= 11 is 0. The van der Waals surface area contributed by atoms with Gasteiger partial charge in [0.05, 0.1) is 26.5 Å². The quantitative estimate of drug-likeness (QED) is 0.741. The predicted octanol–water partition coefficient (Wildman–Crippen LogP) is 2.41. The highest BCUT2D eigenvalue weighted by atomic mass is 19.1. The molecule has 0 aliphatic heterocycles. The third-order valence-corrected chi connectivity index (χ3v) is 4.33. The second-order valence-corrected chi connectivity index (χ2v) is 6.28. The molecule has 27 heavy (non-hydrogen) atoms. The molecule has 1 amide bonds. The highest BCUT2D eigenvalue weighted by Gasteiger charge is 2.23. The Morgan fingerprint density at radius 2 is 1.93 bits per heavy atom. The highest BCUT2D eigenvalue weighted by molar-refractivity contribution is 5.93. The highest BCUT2D eigenvalue weighted by Crippen LogP contribution is 2.27. The summed E-state index contributed by atoms with van der Waals surface area (Å²) in [5.74, 6) is -0.544. The van der Waals surface area contributed by atoms with E-state index in [0.717, 1.165) is 22.6 Å². The molecule has 2 atom stereocenters. The van der Waals surface area contributed by atoms with Crippen LogP contribution in [0, 0.1) is 11.6 Å². The molecule has 1 unspecified atom stereocenters. The van der Waals surface area contributed by atoms with Crippen LogP contribution in [-0.2, 0) is 11.3 Å². The molecule has 0 aliphatic carbocycles. The SMILES string of the molecule is CCOc1ccc(C[NH+](C)[C@@H](C)C(=O)Nc2ccc(F)cc2F)cc1OC. The molecule has 7 heteroatoms. The Balaban J connectivity index is 2.04. The van der Waals surface area contributed by atoms with Crippen molar-refractivity contribution in [2.75, 3.05) is 26.1 Å². The first-order valence-corrected chi connectivity index (χ1v) is 8.73. The Morgan fingerprint density at radius 3 is 2.56 bits per heavy atom. The molecule has 0 spiro atoms. The van der Waals surface area contributed by atoms with Crippen molar-refractivity contribution in [2.45, 2.75) is 26.4 Å². The van der Waals surface area contributed by atoms with Gasteiger partial charge in [0.15, 0.2) is 17.5 Å². The number of methoxy groups -OCH3 is 1. The van der Waals surface area contributed by atoms with Gasteiger partial charge in [-0.1, -0.05) is 0 Å². The standard InChI is InChI=1S/C20H24F2N2O3/c1-5-27-18-9-6-14(10-19(18)26-4)12-24(3)13(2)20(25)23-17-8-7-15(21)11-16(17)22/h6-11,13H,5,12H2,1-4H3,(H,23,25)/p+1/t13-/m0/s1. The molecule has 0 aromatic heterocycles. The van der Waals surface area contributed by atoms with Crippen molar-refractivity contribution in [3.8, 4) is 11.5 Å². The number of quaternary nitrogens is 1. The van der Waals surface area contributed by atoms with Crippen molar-refractivity contribution in [1.29, 1.82) is 0 Å². The van der Waals surface area contributed by atoms with Crippen LogP contribution in [0.1, 0.15) is 19.4 Å². The minimum Gasteiger partial charge on any atom is -0.493 e. The number of ether oxygens (including phenoxy) is 2. The summed E-state index contributed by atoms with van der Waals surface area (Å²) < 4.78 is 37.5. The van der Waals surface area contributed by atoms with E-state index >= 15 is 0 Å². The molecular weight excluding hydrogens is 354 g/mol. The Bertz CT molecular complexity index is 799. The molecule has 2 rings (SSSR count). The Labute approximate surface area is 157 Å². The Hall–Kier alpha value is -2.67. The maximum absolute atomic E-state index is 13.7. The van der Waals surface area contributed by atoms with E-state index in [1.165, 1.54) is 6.07 Å². The number of carbonyl (C=O) groups excluding carboxylic acids is 1. The second kappa shape index (κ2) is 9.32. The lowest BCUT2D eigenvalue weighted by atomic mass is 10.1. The van der Waals surface area contributed by atoms with E-state index in [1.807, 2.05) is 32.2 Å². The first-order valence-electron chi connectivity index (χ1n) is 8.73. The molecular formula is C20H25F2N2O3+. The fraction of sp³-hybridized carbons (Fsp3) is 0.350. The van der Waals surface area contributed by atoms with Gasteiger partial charge in [0.1, 0.15) is 18.2 Å². The number of nitrogens with one attached hydrogen (secondary N) is 2. The fourth-order valence-corrected chi connectivity index (χ4v) is 2.63. The van der Waals surface area contributed by atoms with Crippen molar-refractivity contribution in [1.82, 2.24) is 0 Å². The van der Waals surface area contributed by atoms with Crippen molar-refractivity contribution in [3.05, 3.63) is 53.6 Å². The number of hydrogen-bond donors (Lipinski definition) is 2. The van der Waals surface area contributed by atoms with Crippen molar-refractivity contribution in [3.63, 3.8) is 0 Å². The first-order chi connectivity index (χ1) is 12.8. The average Bonchev–Trinajstić information content (AvgIpc) is 2.64. The summed E-state index contributed by atoms with van der Waals surface area (Å²) in [4.78, 5) is 13.3. The van der Waals surface area contributed by atoms with Crippen LogP contribution in [0.15, 0.2) is 36.4 Å². The number of hydrogen-bond acceptors (Lipinski definition) is 3. The Morgan fingerprint density at radius 1 is 1.19 bits per heavy atom. The van der Waals surface area contributed by atoms with Gasteiger partial charge in [-0.25, -0.2) is 8.78 Å². The van der Waals surface area contributed by atoms with Gasteiger partial charge in [0.25, 0.3) is 5.91 Å². The van der Waals surface area contributed by atoms with Gasteiger partial charge in [0, 0.05) is 11.6 Å². The Kier molecular flexibility index (Phi) is 7.12. The number of rotatable bonds is 8. The lowest BCUT2D eigenvalue weighted by molar-refractivity contribution is -0.907. The second-order valence-electron chi connectivity index (χ2n) is 6.28. The van der Waals surface area contributed by atoms with Gasteiger partial charge in [-0.2, -0.15) is 0 Å². The van der Waals surface area contributed by atoms with Gasteiger partial charge in [-0.15, -0.1) is 0 Å². The lowest BCUT2D eigenvalue weighted by Crippen LogP contribution is -3.12. The van der Waals surface area contributed by atoms with Gasteiger partial charge in [-0.05, 0) is 44.2 Å². The van der Waals surface area contributed by atoms with E-state index in [0.29, 0.717) is 24.7 Å². The van der Waals surface area contributed by atoms with Gasteiger partial charge < -0.3 is 19.7 Å². The number of halogens is 2. The number of carbonyl (C=O) groups is 1. The zero-order valence-corrected chi connectivity index (χ0v) is 15.9. The van der Waals surface area contributed by atoms with Crippen LogP contribution in [0.25, 0.3) is 0 Å². The number of likely N-dealkylation sites (N-methyl/N-ethyl adjacent to an activating group) is 1. The zero-order chi connectivity index (χ0) is 20.0. The van der Waals surface area contributed by atoms with E-state index in [-0.39, 0.29) is 11.6 Å². The molecule has 0 aliphatic rings. The molecule has 5 nitrogen and oxygen atoms in total. The average molecular weight is 379 g/mol. The molecule has 0 saturated carbocycles. The first kappa shape index (κ1) is 20.6. The summed E-state index contributed by atoms with van der Waals surface area (Å²) in [5, 5.41) is 2.51. The summed E-state index contributed by atoms with van der Waals surface area (Å²) in [6.45, 7) is 4.74. The minimum atomic E-state index is -0.801. The molecule has 0 heterocycles. The molecule has 0 fully saturated rings. The van der Waals surface area contributed by atoms with Crippen molar-refractivity contribution < 1.29 is 27.9 Å². The van der Waals surface area contributed by atoms with Crippen LogP contribution in [0.4, 0.5) is 14.5 Å². The third kappa shape index (κ3) is 5.40. The number of amides is 1. The molecule has 2 aromatic rings. The molecule has 0 saturated heterocycles. The predicted molar refractivity (Wildman–Crippen MR) is 99.2 cm³/mol. The van der Waals surface area contributed by atoms with Crippen LogP contribution in [0.2, 0.25) is 0 Å². The number of benzene rings is 2. The topological polar surface area (TPSA) is 52.0 Å². The van der Waals surface area contributed by atoms with Crippen LogP contribution in [-0.4, -0.2) is 32.7 Å². The van der Waals surface area contributed by atoms with Gasteiger partial charge in [0.2, 0.25) is 0 Å². The fourth-order valence-electron chi connectivity index (χ4n) is 2.63. The van der Waals surface area contributed by atoms with E-state index in [9.17, 15) is 13.6 Å². The van der Waals surface area contributed by atoms with E-state index < -0.39 is 17.7 Å². The minimum absolute atomic E-state index is 0.0382. The maximum atomic E-state index is 13.7. The van der Waals surface area contributed by atoms with Crippen LogP contribution in [0.5, 0.6) is 11.5 Å². The summed E-state index contributed by atoms with van der Waals surface area (Å²) in [6, 6.07) is 8.23. The summed E-state index contributed by atoms with van der Waals surface area (Å²) in [5.41, 5.74) is 0.934. The largest absolute Gasteiger partial charge is 0.493 e. The number of anilines is 1. The van der Waals surface area contributed by atoms with Gasteiger partial charge in [-0.3, -0.25) is 4.79 Å². The lowest BCUT2D eigenvalue weighted by Gasteiger charge is -2.22. The normalized spacial score (nSPS) is 13.0.